The number of alkyl halides is 1. The predicted molar refractivity (Wildman–Crippen MR) is 96.4 cm³/mol. The van der Waals surface area contributed by atoms with Gasteiger partial charge >= 0.3 is 0 Å². The van der Waals surface area contributed by atoms with Gasteiger partial charge in [0.15, 0.2) is 11.5 Å². The third kappa shape index (κ3) is 3.14. The zero-order valence-electron chi connectivity index (χ0n) is 15.6. The Kier molecular flexibility index (Phi) is 4.72. The highest BCUT2D eigenvalue weighted by atomic mass is 19.1. The second-order valence-corrected chi connectivity index (χ2v) is 7.77. The van der Waals surface area contributed by atoms with Crippen molar-refractivity contribution in [3.05, 3.63) is 41.4 Å². The van der Waals surface area contributed by atoms with E-state index in [2.05, 4.69) is 4.98 Å². The number of carbonyl (C=O) groups is 2. The van der Waals surface area contributed by atoms with E-state index in [9.17, 15) is 14.0 Å². The van der Waals surface area contributed by atoms with Gasteiger partial charge in [0, 0.05) is 25.5 Å². The molecule has 1 saturated carbocycles. The third-order valence-electron chi connectivity index (χ3n) is 5.69. The van der Waals surface area contributed by atoms with Crippen LogP contribution in [0, 0.1) is 5.92 Å². The maximum absolute atomic E-state index is 13.9. The molecule has 0 radical (unpaired) electrons. The van der Waals surface area contributed by atoms with Crippen LogP contribution in [0.15, 0.2) is 35.9 Å². The quantitative estimate of drug-likeness (QED) is 0.807. The molecule has 27 heavy (non-hydrogen) atoms. The topological polar surface area (TPSA) is 62.7 Å². The number of amides is 1. The van der Waals surface area contributed by atoms with E-state index < -0.39 is 18.1 Å². The van der Waals surface area contributed by atoms with Crippen LogP contribution < -0.4 is 0 Å². The second-order valence-electron chi connectivity index (χ2n) is 7.77. The van der Waals surface area contributed by atoms with Crippen LogP contribution in [-0.4, -0.2) is 65.9 Å². The van der Waals surface area contributed by atoms with Gasteiger partial charge in [-0.1, -0.05) is 0 Å². The number of halogens is 1. The molecule has 0 aromatic carbocycles. The smallest absolute Gasteiger partial charge is 0.290 e. The number of hydrogen-bond donors (Lipinski definition) is 0. The summed E-state index contributed by atoms with van der Waals surface area (Å²) < 4.78 is 19.9. The summed E-state index contributed by atoms with van der Waals surface area (Å²) in [7, 11) is 3.87. The minimum Gasteiger partial charge on any atom is -0.483 e. The van der Waals surface area contributed by atoms with Crippen molar-refractivity contribution in [1.29, 1.82) is 0 Å². The van der Waals surface area contributed by atoms with Crippen LogP contribution in [0.25, 0.3) is 0 Å². The summed E-state index contributed by atoms with van der Waals surface area (Å²) in [6.45, 7) is 1.14. The number of likely N-dealkylation sites (N-methyl/N-ethyl adjacent to an activating group) is 1. The van der Waals surface area contributed by atoms with Gasteiger partial charge in [0.05, 0.1) is 17.5 Å². The van der Waals surface area contributed by atoms with Crippen molar-refractivity contribution in [3.8, 4) is 0 Å². The van der Waals surface area contributed by atoms with E-state index in [4.69, 9.17) is 4.74 Å². The van der Waals surface area contributed by atoms with Gasteiger partial charge in [-0.25, -0.2) is 4.39 Å². The van der Waals surface area contributed by atoms with Crippen molar-refractivity contribution in [2.75, 3.05) is 27.2 Å². The van der Waals surface area contributed by atoms with E-state index in [0.29, 0.717) is 31.5 Å². The molecule has 1 aromatic heterocycles. The molecule has 0 saturated heterocycles. The van der Waals surface area contributed by atoms with Gasteiger partial charge in [0.2, 0.25) is 0 Å². The van der Waals surface area contributed by atoms with E-state index in [1.807, 2.05) is 31.1 Å². The molecule has 4 rings (SSSR count). The maximum atomic E-state index is 13.9. The Labute approximate surface area is 158 Å². The summed E-state index contributed by atoms with van der Waals surface area (Å²) in [5.41, 5.74) is 1.21. The molecule has 3 aliphatic rings. The van der Waals surface area contributed by atoms with Crippen LogP contribution in [0.5, 0.6) is 0 Å². The summed E-state index contributed by atoms with van der Waals surface area (Å²) in [4.78, 5) is 34.1. The van der Waals surface area contributed by atoms with Crippen LogP contribution in [0.3, 0.4) is 0 Å². The fraction of sp³-hybridized carbons (Fsp3) is 0.550. The monoisotopic (exact) mass is 373 g/mol. The number of fused-ring (bicyclic) bond motifs is 1. The molecule has 0 bridgehead atoms. The van der Waals surface area contributed by atoms with E-state index in [1.165, 1.54) is 0 Å². The molecule has 0 N–H and O–H groups in total. The number of nitrogens with zero attached hydrogens (tertiary/aromatic N) is 3. The van der Waals surface area contributed by atoms with Crippen molar-refractivity contribution in [3.63, 3.8) is 0 Å². The fourth-order valence-corrected chi connectivity index (χ4v) is 4.29. The van der Waals surface area contributed by atoms with Crippen LogP contribution in [0.2, 0.25) is 0 Å². The standard InChI is InChI=1S/C20H24FN3O3/c1-23(2)9-10-24-17(12-5-7-22-8-6-12)16-18(25)14-11-13(21)3-4-15(14)27-19(16)20(24)26/h5-8,13-15,17H,3-4,9-11H2,1-2H3. The van der Waals surface area contributed by atoms with Crippen molar-refractivity contribution < 1.29 is 18.7 Å². The van der Waals surface area contributed by atoms with Gasteiger partial charge in [-0.3, -0.25) is 14.6 Å². The van der Waals surface area contributed by atoms with Gasteiger partial charge in [-0.2, -0.15) is 0 Å². The van der Waals surface area contributed by atoms with Crippen LogP contribution in [-0.2, 0) is 14.3 Å². The molecule has 2 aliphatic heterocycles. The largest absolute Gasteiger partial charge is 0.483 e. The van der Waals surface area contributed by atoms with Crippen molar-refractivity contribution >= 4 is 11.7 Å². The molecule has 144 valence electrons. The Bertz CT molecular complexity index is 780. The molecule has 6 nitrogen and oxygen atoms in total. The van der Waals surface area contributed by atoms with Gasteiger partial charge in [-0.15, -0.1) is 0 Å². The highest BCUT2D eigenvalue weighted by Crippen LogP contribution is 2.46. The van der Waals surface area contributed by atoms with Crippen LogP contribution in [0.1, 0.15) is 30.9 Å². The highest BCUT2D eigenvalue weighted by molar-refractivity contribution is 6.11. The van der Waals surface area contributed by atoms with Crippen molar-refractivity contribution in [1.82, 2.24) is 14.8 Å². The number of pyridine rings is 1. The number of hydrogen-bond acceptors (Lipinski definition) is 5. The first kappa shape index (κ1) is 18.1. The highest BCUT2D eigenvalue weighted by Gasteiger charge is 2.52. The molecule has 3 heterocycles. The van der Waals surface area contributed by atoms with E-state index in [1.54, 1.807) is 17.3 Å². The third-order valence-corrected chi connectivity index (χ3v) is 5.69. The Morgan fingerprint density at radius 2 is 2.00 bits per heavy atom. The van der Waals surface area contributed by atoms with E-state index >= 15 is 0 Å². The maximum Gasteiger partial charge on any atom is 0.290 e. The van der Waals surface area contributed by atoms with E-state index in [-0.39, 0.29) is 30.0 Å². The molecular weight excluding hydrogens is 349 g/mol. The Morgan fingerprint density at radius 1 is 1.26 bits per heavy atom. The fourth-order valence-electron chi connectivity index (χ4n) is 4.29. The lowest BCUT2D eigenvalue weighted by Crippen LogP contribution is -2.42. The molecule has 1 aliphatic carbocycles. The Balaban J connectivity index is 1.73. The summed E-state index contributed by atoms with van der Waals surface area (Å²) in [6, 6.07) is 3.13. The lowest BCUT2D eigenvalue weighted by molar-refractivity contribution is -0.136. The SMILES string of the molecule is CN(C)CCN1C(=O)C2=C(C(=O)C3CC(F)CCC3O2)C1c1ccncc1. The normalized spacial score (nSPS) is 30.4. The molecule has 1 fully saturated rings. The predicted octanol–water partition coefficient (Wildman–Crippen LogP) is 1.89. The van der Waals surface area contributed by atoms with Crippen LogP contribution >= 0.6 is 0 Å². The van der Waals surface area contributed by atoms with Gasteiger partial charge in [0.1, 0.15) is 12.3 Å². The molecule has 0 spiro atoms. The average molecular weight is 373 g/mol. The minimum atomic E-state index is -0.984. The molecule has 4 atom stereocenters. The zero-order valence-corrected chi connectivity index (χ0v) is 15.6. The van der Waals surface area contributed by atoms with Gasteiger partial charge in [0.25, 0.3) is 5.91 Å². The number of Topliss-reactive ketones (excluding diaryl/α,β-unsaturated/α-hetero) is 1. The molecule has 4 unspecified atom stereocenters. The lowest BCUT2D eigenvalue weighted by Gasteiger charge is -2.36. The summed E-state index contributed by atoms with van der Waals surface area (Å²) in [5.74, 6) is -0.716. The second kappa shape index (κ2) is 7.03. The van der Waals surface area contributed by atoms with Crippen LogP contribution in [0.4, 0.5) is 4.39 Å². The first-order valence-electron chi connectivity index (χ1n) is 9.42. The summed E-state index contributed by atoms with van der Waals surface area (Å²) in [5, 5.41) is 0. The molecule has 1 aromatic rings. The average Bonchev–Trinajstić information content (AvgIpc) is 2.94. The van der Waals surface area contributed by atoms with E-state index in [0.717, 1.165) is 5.56 Å². The van der Waals surface area contributed by atoms with Gasteiger partial charge in [-0.05, 0) is 51.1 Å². The molecule has 1 amide bonds. The summed E-state index contributed by atoms with van der Waals surface area (Å²) >= 11 is 0. The molecular formula is C20H24FN3O3. The first-order chi connectivity index (χ1) is 13.0. The Hall–Kier alpha value is -2.28. The number of aromatic nitrogens is 1. The number of carbonyl (C=O) groups excluding carboxylic acids is 2. The zero-order chi connectivity index (χ0) is 19.1. The number of ether oxygens (including phenoxy) is 1. The van der Waals surface area contributed by atoms with Gasteiger partial charge < -0.3 is 14.5 Å². The number of rotatable bonds is 4. The number of ketones is 1. The molecule has 7 heteroatoms. The van der Waals surface area contributed by atoms with Crippen molar-refractivity contribution in [2.45, 2.75) is 37.6 Å². The first-order valence-corrected chi connectivity index (χ1v) is 9.42. The van der Waals surface area contributed by atoms with Crippen molar-refractivity contribution in [2.24, 2.45) is 5.92 Å². The summed E-state index contributed by atoms with van der Waals surface area (Å²) in [6.07, 6.45) is 2.95. The minimum absolute atomic E-state index is 0.133. The Morgan fingerprint density at radius 3 is 2.70 bits per heavy atom. The lowest BCUT2D eigenvalue weighted by atomic mass is 9.77.